The fourth-order valence-corrected chi connectivity index (χ4v) is 2.35. The first-order chi connectivity index (χ1) is 10.2. The highest BCUT2D eigenvalue weighted by Gasteiger charge is 2.20. The molecule has 1 N–H and O–H groups in total. The van der Waals surface area contributed by atoms with Gasteiger partial charge in [0.1, 0.15) is 18.0 Å². The van der Waals surface area contributed by atoms with Crippen LogP contribution in [-0.2, 0) is 15.9 Å². The third-order valence-corrected chi connectivity index (χ3v) is 3.37. The van der Waals surface area contributed by atoms with Crippen molar-refractivity contribution in [1.29, 1.82) is 0 Å². The highest BCUT2D eigenvalue weighted by atomic mass is 16.5. The predicted octanol–water partition coefficient (Wildman–Crippen LogP) is 1.96. The quantitative estimate of drug-likeness (QED) is 0.712. The molecular weight excluding hydrogens is 268 g/mol. The van der Waals surface area contributed by atoms with Crippen LogP contribution >= 0.6 is 0 Å². The summed E-state index contributed by atoms with van der Waals surface area (Å²) in [6, 6.07) is 0.222. The van der Waals surface area contributed by atoms with Gasteiger partial charge in [-0.1, -0.05) is 6.92 Å². The lowest BCUT2D eigenvalue weighted by molar-refractivity contribution is 0.170. The number of aromatic nitrogens is 2. The van der Waals surface area contributed by atoms with Gasteiger partial charge in [-0.25, -0.2) is 9.97 Å². The van der Waals surface area contributed by atoms with Gasteiger partial charge in [0.25, 0.3) is 0 Å². The minimum absolute atomic E-state index is 0.222. The van der Waals surface area contributed by atoms with E-state index >= 15 is 0 Å². The summed E-state index contributed by atoms with van der Waals surface area (Å²) < 4.78 is 10.5. The van der Waals surface area contributed by atoms with Crippen molar-refractivity contribution >= 4 is 11.6 Å². The minimum atomic E-state index is 0.222. The van der Waals surface area contributed by atoms with Crippen LogP contribution in [0.15, 0.2) is 6.33 Å². The van der Waals surface area contributed by atoms with Crippen LogP contribution in [0.1, 0.15) is 26.3 Å². The fraction of sp³-hybridized carbons (Fsp3) is 0.733. The molecule has 21 heavy (non-hydrogen) atoms. The van der Waals surface area contributed by atoms with E-state index in [1.165, 1.54) is 0 Å². The molecule has 6 heteroatoms. The first kappa shape index (κ1) is 17.7. The van der Waals surface area contributed by atoms with E-state index in [4.69, 9.17) is 9.47 Å². The molecule has 1 unspecified atom stereocenters. The molecule has 6 nitrogen and oxygen atoms in total. The molecule has 0 aliphatic carbocycles. The minimum Gasteiger partial charge on any atom is -0.383 e. The van der Waals surface area contributed by atoms with Crippen molar-refractivity contribution in [3.05, 3.63) is 11.9 Å². The van der Waals surface area contributed by atoms with Crippen molar-refractivity contribution in [1.82, 2.24) is 9.97 Å². The molecule has 1 heterocycles. The van der Waals surface area contributed by atoms with E-state index in [2.05, 4.69) is 41.0 Å². The number of nitrogens with zero attached hydrogens (tertiary/aromatic N) is 3. The third kappa shape index (κ3) is 4.82. The second-order valence-electron chi connectivity index (χ2n) is 4.90. The maximum Gasteiger partial charge on any atom is 0.137 e. The van der Waals surface area contributed by atoms with Crippen LogP contribution in [-0.4, -0.2) is 56.5 Å². The van der Waals surface area contributed by atoms with E-state index in [0.29, 0.717) is 13.2 Å². The van der Waals surface area contributed by atoms with Gasteiger partial charge in [0.05, 0.1) is 19.3 Å². The molecule has 0 aliphatic heterocycles. The smallest absolute Gasteiger partial charge is 0.137 e. The Kier molecular flexibility index (Phi) is 8.00. The van der Waals surface area contributed by atoms with Crippen LogP contribution in [0.2, 0.25) is 0 Å². The van der Waals surface area contributed by atoms with Gasteiger partial charge in [-0.2, -0.15) is 0 Å². The second kappa shape index (κ2) is 9.52. The molecule has 1 aromatic rings. The molecule has 0 aromatic carbocycles. The van der Waals surface area contributed by atoms with Crippen molar-refractivity contribution in [3.8, 4) is 0 Å². The first-order valence-corrected chi connectivity index (χ1v) is 7.51. The lowest BCUT2D eigenvalue weighted by atomic mass is 10.1. The monoisotopic (exact) mass is 296 g/mol. The lowest BCUT2D eigenvalue weighted by Crippen LogP contribution is -2.40. The van der Waals surface area contributed by atoms with Crippen molar-refractivity contribution in [2.75, 3.05) is 50.7 Å². The van der Waals surface area contributed by atoms with Gasteiger partial charge >= 0.3 is 0 Å². The lowest BCUT2D eigenvalue weighted by Gasteiger charge is -2.31. The molecule has 0 amide bonds. The maximum atomic E-state index is 5.30. The summed E-state index contributed by atoms with van der Waals surface area (Å²) >= 11 is 0. The summed E-state index contributed by atoms with van der Waals surface area (Å²) in [5.74, 6) is 1.88. The van der Waals surface area contributed by atoms with Crippen LogP contribution in [0.4, 0.5) is 11.6 Å². The zero-order valence-electron chi connectivity index (χ0n) is 13.8. The summed E-state index contributed by atoms with van der Waals surface area (Å²) in [7, 11) is 3.43. The Bertz CT molecular complexity index is 415. The van der Waals surface area contributed by atoms with Crippen molar-refractivity contribution in [2.45, 2.75) is 33.2 Å². The Hall–Kier alpha value is -1.40. The molecular formula is C15H28N4O2. The summed E-state index contributed by atoms with van der Waals surface area (Å²) in [5.41, 5.74) is 1.14. The number of ether oxygens (including phenoxy) is 2. The molecule has 0 bridgehead atoms. The van der Waals surface area contributed by atoms with E-state index in [9.17, 15) is 0 Å². The zero-order valence-corrected chi connectivity index (χ0v) is 13.8. The fourth-order valence-electron chi connectivity index (χ4n) is 2.35. The van der Waals surface area contributed by atoms with Gasteiger partial charge in [-0.3, -0.25) is 0 Å². The molecule has 120 valence electrons. The topological polar surface area (TPSA) is 59.5 Å². The molecule has 0 saturated carbocycles. The Balaban J connectivity index is 3.12. The van der Waals surface area contributed by atoms with Gasteiger partial charge < -0.3 is 19.7 Å². The molecule has 1 aromatic heterocycles. The average Bonchev–Trinajstić information content (AvgIpc) is 2.48. The van der Waals surface area contributed by atoms with Gasteiger partial charge in [-0.15, -0.1) is 0 Å². The zero-order chi connectivity index (χ0) is 15.7. The van der Waals surface area contributed by atoms with Crippen molar-refractivity contribution in [2.24, 2.45) is 0 Å². The Labute approximate surface area is 127 Å². The SMILES string of the molecule is CCNc1ncnc(N(CCOC)C(C)COC)c1CC. The number of hydrogen-bond acceptors (Lipinski definition) is 6. The van der Waals surface area contributed by atoms with Crippen molar-refractivity contribution < 1.29 is 9.47 Å². The van der Waals surface area contributed by atoms with Gasteiger partial charge in [-0.05, 0) is 20.3 Å². The number of rotatable bonds is 10. The summed E-state index contributed by atoms with van der Waals surface area (Å²) in [5, 5.41) is 3.31. The van der Waals surface area contributed by atoms with Crippen LogP contribution in [0, 0.1) is 0 Å². The first-order valence-electron chi connectivity index (χ1n) is 7.51. The van der Waals surface area contributed by atoms with Gasteiger partial charge in [0.2, 0.25) is 0 Å². The second-order valence-corrected chi connectivity index (χ2v) is 4.90. The Morgan fingerprint density at radius 3 is 2.57 bits per heavy atom. The van der Waals surface area contributed by atoms with Crippen LogP contribution < -0.4 is 10.2 Å². The molecule has 0 radical (unpaired) electrons. The normalized spacial score (nSPS) is 12.2. The van der Waals surface area contributed by atoms with Gasteiger partial charge in [0.15, 0.2) is 0 Å². The molecule has 0 fully saturated rings. The molecule has 0 saturated heterocycles. The van der Waals surface area contributed by atoms with Gasteiger partial charge in [0, 0.05) is 32.9 Å². The highest BCUT2D eigenvalue weighted by Crippen LogP contribution is 2.25. The average molecular weight is 296 g/mol. The maximum absolute atomic E-state index is 5.30. The van der Waals surface area contributed by atoms with Crippen LogP contribution in [0.5, 0.6) is 0 Å². The number of anilines is 2. The van der Waals surface area contributed by atoms with Crippen LogP contribution in [0.3, 0.4) is 0 Å². The summed E-state index contributed by atoms with van der Waals surface area (Å²) in [6.45, 7) is 9.24. The molecule has 1 rings (SSSR count). The highest BCUT2D eigenvalue weighted by molar-refractivity contribution is 5.59. The summed E-state index contributed by atoms with van der Waals surface area (Å²) in [4.78, 5) is 11.1. The molecule has 0 spiro atoms. The Morgan fingerprint density at radius 1 is 1.24 bits per heavy atom. The van der Waals surface area contributed by atoms with E-state index in [-0.39, 0.29) is 6.04 Å². The predicted molar refractivity (Wildman–Crippen MR) is 86.1 cm³/mol. The number of methoxy groups -OCH3 is 2. The van der Waals surface area contributed by atoms with E-state index in [1.54, 1.807) is 20.5 Å². The third-order valence-electron chi connectivity index (χ3n) is 3.37. The number of hydrogen-bond donors (Lipinski definition) is 1. The standard InChI is InChI=1S/C15H28N4O2/c1-6-13-14(16-7-2)17-11-18-15(13)19(8-9-20-4)12(3)10-21-5/h11-12H,6-10H2,1-5H3,(H,16,17,18). The van der Waals surface area contributed by atoms with E-state index in [0.717, 1.165) is 36.7 Å². The Morgan fingerprint density at radius 2 is 2.00 bits per heavy atom. The largest absolute Gasteiger partial charge is 0.383 e. The number of nitrogens with one attached hydrogen (secondary N) is 1. The molecule has 0 aliphatic rings. The van der Waals surface area contributed by atoms with E-state index in [1.807, 2.05) is 0 Å². The summed E-state index contributed by atoms with van der Waals surface area (Å²) in [6.07, 6.45) is 2.49. The van der Waals surface area contributed by atoms with Crippen molar-refractivity contribution in [3.63, 3.8) is 0 Å². The van der Waals surface area contributed by atoms with E-state index < -0.39 is 0 Å². The van der Waals surface area contributed by atoms with Crippen LogP contribution in [0.25, 0.3) is 0 Å². The molecule has 1 atom stereocenters.